The maximum absolute atomic E-state index is 14.9. The lowest BCUT2D eigenvalue weighted by Gasteiger charge is -2.43. The Kier molecular flexibility index (Phi) is 12.7. The lowest BCUT2D eigenvalue weighted by atomic mass is 9.78. The Balaban J connectivity index is 0.727. The number of piperidine rings is 1. The molecule has 3 amide bonds. The van der Waals surface area contributed by atoms with Gasteiger partial charge in [0.25, 0.3) is 11.8 Å². The number of fused-ring (bicyclic) bond motifs is 2. The predicted molar refractivity (Wildman–Crippen MR) is 255 cm³/mol. The summed E-state index contributed by atoms with van der Waals surface area (Å²) >= 11 is 1.31. The minimum Gasteiger partial charge on any atom is -0.497 e. The molecule has 0 radical (unpaired) electrons. The average Bonchev–Trinajstić information content (AvgIpc) is 3.85. The highest BCUT2D eigenvalue weighted by molar-refractivity contribution is 7.22. The molecule has 5 aromatic rings. The van der Waals surface area contributed by atoms with Gasteiger partial charge in [0.15, 0.2) is 5.75 Å². The third-order valence-electron chi connectivity index (χ3n) is 14.6. The van der Waals surface area contributed by atoms with Crippen LogP contribution in [-0.4, -0.2) is 111 Å². The second kappa shape index (κ2) is 18.8. The first-order valence-electron chi connectivity index (χ1n) is 23.7. The molecule has 5 aliphatic rings. The smallest absolute Gasteiger partial charge is 0.271 e. The summed E-state index contributed by atoms with van der Waals surface area (Å²) in [6.07, 6.45) is 5.73. The highest BCUT2D eigenvalue weighted by Gasteiger charge is 2.40. The third kappa shape index (κ3) is 9.47. The molecule has 67 heavy (non-hydrogen) atoms. The van der Waals surface area contributed by atoms with Crippen LogP contribution in [0.3, 0.4) is 0 Å². The number of hydrogen-bond donors (Lipinski definition) is 1. The molecule has 0 spiro atoms. The first-order chi connectivity index (χ1) is 32.4. The Morgan fingerprint density at radius 2 is 1.36 bits per heavy atom. The van der Waals surface area contributed by atoms with Gasteiger partial charge in [0, 0.05) is 123 Å². The van der Waals surface area contributed by atoms with Crippen molar-refractivity contribution in [3.63, 3.8) is 0 Å². The number of carbonyl (C=O) groups is 3. The van der Waals surface area contributed by atoms with E-state index in [0.717, 1.165) is 105 Å². The summed E-state index contributed by atoms with van der Waals surface area (Å²) in [5.74, 6) is -1.78. The van der Waals surface area contributed by atoms with Gasteiger partial charge in [-0.15, -0.1) is 11.3 Å². The molecule has 10 rings (SSSR count). The maximum Gasteiger partial charge on any atom is 0.271 e. The number of nitrogens with one attached hydrogen (secondary N) is 1. The van der Waals surface area contributed by atoms with Crippen LogP contribution in [0.15, 0.2) is 78.9 Å². The number of hydrogen-bond acceptors (Lipinski definition) is 10. The zero-order valence-electron chi connectivity index (χ0n) is 38.1. The van der Waals surface area contributed by atoms with Crippen molar-refractivity contribution in [3.05, 3.63) is 101 Å². The SMILES string of the molecule is COc1ccc2c(Oc3ccc(N4CCN(C[C@H]5CCCC[C@@H]5CN5CCN(c6ccc7c(c6)CN(C6CCC(=O)NC6=O)C7=O)CC5)CC4)cc3)c(-c3ccc(F)cc3C(C)(F)F)sc2c1. The number of benzene rings is 4. The molecular formula is C52H57F3N6O5S. The summed E-state index contributed by atoms with van der Waals surface area (Å²) in [4.78, 5) is 49.7. The number of nitrogens with zero attached hydrogens (tertiary/aromatic N) is 5. The molecular weight excluding hydrogens is 878 g/mol. The molecule has 0 bridgehead atoms. The van der Waals surface area contributed by atoms with Gasteiger partial charge in [-0.3, -0.25) is 29.5 Å². The predicted octanol–water partition coefficient (Wildman–Crippen LogP) is 9.13. The van der Waals surface area contributed by atoms with Crippen molar-refractivity contribution in [2.24, 2.45) is 11.8 Å². The fourth-order valence-electron chi connectivity index (χ4n) is 10.9. The third-order valence-corrected chi connectivity index (χ3v) is 15.8. The van der Waals surface area contributed by atoms with Gasteiger partial charge in [-0.2, -0.15) is 0 Å². The van der Waals surface area contributed by atoms with E-state index >= 15 is 0 Å². The standard InChI is InChI=1S/C52H57F3N6O5S/c1-52(54,55)44-28-36(53)7-14-42(44)49-48(43-16-13-40(65-2)29-46(43)67-49)66-39-11-8-37(9-12-39)59-23-19-57(20-24-59)30-33-5-3-4-6-34(33)31-58-21-25-60(26-22-58)38-10-15-41-35(27-38)32-61(51(41)64)45-17-18-47(62)56-50(45)63/h7-16,27-29,33-34,45H,3-6,17-26,30-32H2,1-2H3,(H,56,62,63)/t33-,34-,45?/m1/s1. The summed E-state index contributed by atoms with van der Waals surface area (Å²) in [6, 6.07) is 22.5. The second-order valence-corrected chi connectivity index (χ2v) is 20.0. The normalized spacial score (nSPS) is 22.1. The molecule has 15 heteroatoms. The number of anilines is 2. The van der Waals surface area contributed by atoms with Crippen molar-refractivity contribution in [1.29, 1.82) is 0 Å². The van der Waals surface area contributed by atoms with Crippen LogP contribution in [-0.2, 0) is 22.1 Å². The molecule has 11 nitrogen and oxygen atoms in total. The quantitative estimate of drug-likeness (QED) is 0.123. The second-order valence-electron chi connectivity index (χ2n) is 18.9. The molecule has 352 valence electrons. The van der Waals surface area contributed by atoms with Gasteiger partial charge in [0.1, 0.15) is 23.4 Å². The van der Waals surface area contributed by atoms with Crippen LogP contribution >= 0.6 is 11.3 Å². The molecule has 4 aliphatic heterocycles. The van der Waals surface area contributed by atoms with Crippen molar-refractivity contribution >= 4 is 50.5 Å². The fourth-order valence-corrected chi connectivity index (χ4v) is 12.1. The summed E-state index contributed by atoms with van der Waals surface area (Å²) in [7, 11) is 1.58. The van der Waals surface area contributed by atoms with Gasteiger partial charge in [-0.1, -0.05) is 18.9 Å². The molecule has 4 fully saturated rings. The van der Waals surface area contributed by atoms with E-state index in [0.29, 0.717) is 52.5 Å². The zero-order chi connectivity index (χ0) is 46.4. The summed E-state index contributed by atoms with van der Waals surface area (Å²) in [5, 5.41) is 3.15. The van der Waals surface area contributed by atoms with E-state index in [-0.39, 0.29) is 29.7 Å². The van der Waals surface area contributed by atoms with Crippen LogP contribution in [0.25, 0.3) is 20.5 Å². The fraction of sp³-hybridized carbons (Fsp3) is 0.442. The van der Waals surface area contributed by atoms with Gasteiger partial charge in [0.2, 0.25) is 11.8 Å². The lowest BCUT2D eigenvalue weighted by molar-refractivity contribution is -0.136. The van der Waals surface area contributed by atoms with Gasteiger partial charge in [-0.05, 0) is 109 Å². The van der Waals surface area contributed by atoms with Crippen molar-refractivity contribution in [2.75, 3.05) is 82.4 Å². The first-order valence-corrected chi connectivity index (χ1v) is 24.5. The van der Waals surface area contributed by atoms with Crippen molar-refractivity contribution in [2.45, 2.75) is 64.0 Å². The van der Waals surface area contributed by atoms with Gasteiger partial charge in [0.05, 0.1) is 12.0 Å². The number of amides is 3. The first kappa shape index (κ1) is 45.2. The number of alkyl halides is 2. The molecule has 5 heterocycles. The van der Waals surface area contributed by atoms with Crippen LogP contribution in [0.2, 0.25) is 0 Å². The molecule has 1 saturated carbocycles. The minimum absolute atomic E-state index is 0.138. The van der Waals surface area contributed by atoms with Crippen molar-refractivity contribution < 1.29 is 37.0 Å². The number of ether oxygens (including phenoxy) is 2. The van der Waals surface area contributed by atoms with Crippen LogP contribution < -0.4 is 24.6 Å². The van der Waals surface area contributed by atoms with E-state index in [1.807, 2.05) is 42.5 Å². The van der Waals surface area contributed by atoms with E-state index in [1.165, 1.54) is 49.2 Å². The van der Waals surface area contributed by atoms with Crippen LogP contribution in [0.4, 0.5) is 24.5 Å². The molecule has 1 aliphatic carbocycles. The number of carbonyl (C=O) groups excluding carboxylic acids is 3. The number of imide groups is 1. The Labute approximate surface area is 393 Å². The largest absolute Gasteiger partial charge is 0.497 e. The minimum atomic E-state index is -3.27. The Morgan fingerprint density at radius 1 is 0.731 bits per heavy atom. The van der Waals surface area contributed by atoms with Crippen LogP contribution in [0.1, 0.15) is 66.9 Å². The van der Waals surface area contributed by atoms with Gasteiger partial charge < -0.3 is 24.2 Å². The van der Waals surface area contributed by atoms with E-state index in [2.05, 4.69) is 43.1 Å². The number of piperazine rings is 2. The number of halogens is 3. The summed E-state index contributed by atoms with van der Waals surface area (Å²) in [6.45, 7) is 11.1. The number of methoxy groups -OCH3 is 1. The van der Waals surface area contributed by atoms with E-state index in [9.17, 15) is 27.6 Å². The zero-order valence-corrected chi connectivity index (χ0v) is 38.9. The van der Waals surface area contributed by atoms with E-state index in [4.69, 9.17) is 9.47 Å². The lowest BCUT2D eigenvalue weighted by Crippen LogP contribution is -2.52. The Morgan fingerprint density at radius 3 is 2.00 bits per heavy atom. The van der Waals surface area contributed by atoms with Gasteiger partial charge >= 0.3 is 0 Å². The van der Waals surface area contributed by atoms with Gasteiger partial charge in [-0.25, -0.2) is 13.2 Å². The molecule has 1 N–H and O–H groups in total. The van der Waals surface area contributed by atoms with E-state index in [1.54, 1.807) is 12.0 Å². The number of rotatable bonds is 12. The van der Waals surface area contributed by atoms with Crippen LogP contribution in [0, 0.1) is 17.7 Å². The number of thiophene rings is 1. The average molecular weight is 935 g/mol. The van der Waals surface area contributed by atoms with Crippen molar-refractivity contribution in [3.8, 4) is 27.7 Å². The Hall–Kier alpha value is -5.64. The van der Waals surface area contributed by atoms with Crippen LogP contribution in [0.5, 0.6) is 17.2 Å². The molecule has 3 saturated heterocycles. The highest BCUT2D eigenvalue weighted by atomic mass is 32.1. The molecule has 4 aromatic carbocycles. The topological polar surface area (TPSA) is 97.9 Å². The molecule has 1 aromatic heterocycles. The molecule has 1 unspecified atom stereocenters. The van der Waals surface area contributed by atoms with E-state index < -0.39 is 23.3 Å². The Bertz CT molecular complexity index is 2660. The monoisotopic (exact) mass is 934 g/mol. The highest BCUT2D eigenvalue weighted by Crippen LogP contribution is 2.50. The maximum atomic E-state index is 14.9. The molecule has 3 atom stereocenters. The summed E-state index contributed by atoms with van der Waals surface area (Å²) < 4.78 is 56.8. The summed E-state index contributed by atoms with van der Waals surface area (Å²) in [5.41, 5.74) is 3.65. The van der Waals surface area contributed by atoms with Crippen molar-refractivity contribution in [1.82, 2.24) is 20.0 Å².